The fourth-order valence-electron chi connectivity index (χ4n) is 2.18. The molecule has 23 heavy (non-hydrogen) atoms. The quantitative estimate of drug-likeness (QED) is 0.466. The molecule has 2 N–H and O–H groups in total. The smallest absolute Gasteiger partial charge is 0.120 e. The van der Waals surface area contributed by atoms with Crippen molar-refractivity contribution in [2.24, 2.45) is 5.10 Å². The van der Waals surface area contributed by atoms with Crippen LogP contribution in [-0.2, 0) is 0 Å². The van der Waals surface area contributed by atoms with E-state index in [1.807, 2.05) is 24.4 Å². The number of hydrazone groups is 1. The van der Waals surface area contributed by atoms with Gasteiger partial charge in [0.1, 0.15) is 5.75 Å². The van der Waals surface area contributed by atoms with E-state index in [1.54, 1.807) is 25.5 Å². The highest BCUT2D eigenvalue weighted by atomic mass is 35.5. The molecular weight excluding hydrogens is 357 g/mol. The Morgan fingerprint density at radius 1 is 1.13 bits per heavy atom. The standard InChI is InChI=1S/C16H12Cl3N3O/c1-23-11-2-3-12-9(7-20-15(12)6-11)8-21-22-16-13(18)4-10(17)5-14(16)19/h2-8,20,22H,1H3. The van der Waals surface area contributed by atoms with E-state index < -0.39 is 0 Å². The van der Waals surface area contributed by atoms with E-state index >= 15 is 0 Å². The van der Waals surface area contributed by atoms with Crippen LogP contribution in [0.15, 0.2) is 41.6 Å². The van der Waals surface area contributed by atoms with Crippen molar-refractivity contribution in [2.45, 2.75) is 0 Å². The summed E-state index contributed by atoms with van der Waals surface area (Å²) in [6.45, 7) is 0. The third-order valence-corrected chi connectivity index (χ3v) is 4.12. The summed E-state index contributed by atoms with van der Waals surface area (Å²) in [5.41, 5.74) is 5.25. The van der Waals surface area contributed by atoms with Crippen LogP contribution < -0.4 is 10.2 Å². The van der Waals surface area contributed by atoms with Crippen molar-refractivity contribution in [2.75, 3.05) is 12.5 Å². The summed E-state index contributed by atoms with van der Waals surface area (Å²) in [6.07, 6.45) is 3.55. The third-order valence-electron chi connectivity index (χ3n) is 3.31. The van der Waals surface area contributed by atoms with E-state index in [1.165, 1.54) is 0 Å². The van der Waals surface area contributed by atoms with Gasteiger partial charge in [0.2, 0.25) is 0 Å². The average Bonchev–Trinajstić information content (AvgIpc) is 2.92. The van der Waals surface area contributed by atoms with Gasteiger partial charge in [0.25, 0.3) is 0 Å². The van der Waals surface area contributed by atoms with Gasteiger partial charge in [-0.05, 0) is 24.3 Å². The van der Waals surface area contributed by atoms with Gasteiger partial charge in [-0.3, -0.25) is 5.43 Å². The van der Waals surface area contributed by atoms with Crippen LogP contribution in [0, 0.1) is 0 Å². The van der Waals surface area contributed by atoms with Crippen molar-refractivity contribution in [1.29, 1.82) is 0 Å². The number of halogens is 3. The van der Waals surface area contributed by atoms with Crippen molar-refractivity contribution in [3.8, 4) is 5.75 Å². The fourth-order valence-corrected chi connectivity index (χ4v) is 3.08. The molecule has 3 rings (SSSR count). The number of hydrogen-bond acceptors (Lipinski definition) is 3. The van der Waals surface area contributed by atoms with Gasteiger partial charge < -0.3 is 9.72 Å². The maximum absolute atomic E-state index is 6.10. The van der Waals surface area contributed by atoms with Crippen molar-refractivity contribution in [3.05, 3.63) is 57.2 Å². The molecule has 0 aliphatic rings. The molecular formula is C16H12Cl3N3O. The predicted molar refractivity (Wildman–Crippen MR) is 97.5 cm³/mol. The molecule has 0 saturated heterocycles. The molecule has 0 amide bonds. The lowest BCUT2D eigenvalue weighted by Gasteiger charge is -2.06. The SMILES string of the molecule is COc1ccc2c(C=NNc3c(Cl)cc(Cl)cc3Cl)c[nH]c2c1. The molecule has 3 aromatic rings. The topological polar surface area (TPSA) is 49.4 Å². The Morgan fingerprint density at radius 2 is 1.87 bits per heavy atom. The number of methoxy groups -OCH3 is 1. The zero-order valence-corrected chi connectivity index (χ0v) is 14.3. The molecule has 0 saturated carbocycles. The number of benzene rings is 2. The lowest BCUT2D eigenvalue weighted by Crippen LogP contribution is -1.92. The summed E-state index contributed by atoms with van der Waals surface area (Å²) < 4.78 is 5.20. The van der Waals surface area contributed by atoms with Crippen LogP contribution in [0.2, 0.25) is 15.1 Å². The predicted octanol–water partition coefficient (Wildman–Crippen LogP) is 5.58. The second-order valence-corrected chi connectivity index (χ2v) is 6.02. The van der Waals surface area contributed by atoms with Crippen LogP contribution in [0.4, 0.5) is 5.69 Å². The Hall–Kier alpha value is -1.88. The largest absolute Gasteiger partial charge is 0.497 e. The van der Waals surface area contributed by atoms with Gasteiger partial charge in [0.05, 0.1) is 29.1 Å². The van der Waals surface area contributed by atoms with Gasteiger partial charge in [0.15, 0.2) is 0 Å². The van der Waals surface area contributed by atoms with Crippen molar-refractivity contribution < 1.29 is 4.74 Å². The van der Waals surface area contributed by atoms with Gasteiger partial charge in [-0.2, -0.15) is 5.10 Å². The number of nitrogens with one attached hydrogen (secondary N) is 2. The number of rotatable bonds is 4. The Bertz CT molecular complexity index is 866. The minimum atomic E-state index is 0.406. The number of aromatic amines is 1. The highest BCUT2D eigenvalue weighted by molar-refractivity contribution is 6.41. The number of aromatic nitrogens is 1. The van der Waals surface area contributed by atoms with Crippen LogP contribution >= 0.6 is 34.8 Å². The van der Waals surface area contributed by atoms with E-state index in [2.05, 4.69) is 15.5 Å². The number of nitrogens with zero attached hydrogens (tertiary/aromatic N) is 1. The van der Waals surface area contributed by atoms with E-state index in [-0.39, 0.29) is 0 Å². The number of fused-ring (bicyclic) bond motifs is 1. The van der Waals surface area contributed by atoms with E-state index in [4.69, 9.17) is 39.5 Å². The molecule has 0 atom stereocenters. The zero-order chi connectivity index (χ0) is 16.4. The van der Waals surface area contributed by atoms with Crippen molar-refractivity contribution in [1.82, 2.24) is 4.98 Å². The van der Waals surface area contributed by atoms with Gasteiger partial charge in [0, 0.05) is 33.8 Å². The highest BCUT2D eigenvalue weighted by Crippen LogP contribution is 2.33. The summed E-state index contributed by atoms with van der Waals surface area (Å²) in [7, 11) is 1.63. The Labute approximate surface area is 148 Å². The van der Waals surface area contributed by atoms with Crippen LogP contribution in [0.3, 0.4) is 0 Å². The molecule has 118 valence electrons. The van der Waals surface area contributed by atoms with Crippen molar-refractivity contribution in [3.63, 3.8) is 0 Å². The lowest BCUT2D eigenvalue weighted by atomic mass is 10.2. The molecule has 0 bridgehead atoms. The normalized spacial score (nSPS) is 11.3. The molecule has 1 aromatic heterocycles. The first-order chi connectivity index (χ1) is 11.1. The molecule has 0 aliphatic carbocycles. The molecule has 1 heterocycles. The molecule has 0 spiro atoms. The summed E-state index contributed by atoms with van der Waals surface area (Å²) in [5.74, 6) is 0.792. The van der Waals surface area contributed by atoms with Gasteiger partial charge in [-0.25, -0.2) is 0 Å². The lowest BCUT2D eigenvalue weighted by molar-refractivity contribution is 0.415. The maximum Gasteiger partial charge on any atom is 0.120 e. The second-order valence-electron chi connectivity index (χ2n) is 4.77. The molecule has 0 aliphatic heterocycles. The minimum absolute atomic E-state index is 0.406. The Balaban J connectivity index is 1.84. The summed E-state index contributed by atoms with van der Waals surface area (Å²) in [5, 5.41) is 6.51. The summed E-state index contributed by atoms with van der Waals surface area (Å²) in [4.78, 5) is 3.17. The Morgan fingerprint density at radius 3 is 2.57 bits per heavy atom. The van der Waals surface area contributed by atoms with Gasteiger partial charge in [-0.15, -0.1) is 0 Å². The first kappa shape index (κ1) is 16.0. The van der Waals surface area contributed by atoms with Gasteiger partial charge in [-0.1, -0.05) is 34.8 Å². The van der Waals surface area contributed by atoms with E-state index in [9.17, 15) is 0 Å². The van der Waals surface area contributed by atoms with Gasteiger partial charge >= 0.3 is 0 Å². The van der Waals surface area contributed by atoms with Crippen LogP contribution in [-0.4, -0.2) is 18.3 Å². The first-order valence-electron chi connectivity index (χ1n) is 6.67. The summed E-state index contributed by atoms with van der Waals surface area (Å²) >= 11 is 18.1. The van der Waals surface area contributed by atoms with Crippen LogP contribution in [0.5, 0.6) is 5.75 Å². The highest BCUT2D eigenvalue weighted by Gasteiger charge is 2.07. The molecule has 2 aromatic carbocycles. The Kier molecular flexibility index (Phi) is 4.66. The number of hydrogen-bond donors (Lipinski definition) is 2. The molecule has 7 heteroatoms. The number of ether oxygens (including phenoxy) is 1. The molecule has 4 nitrogen and oxygen atoms in total. The molecule has 0 unspecified atom stereocenters. The minimum Gasteiger partial charge on any atom is -0.497 e. The fraction of sp³-hybridized carbons (Fsp3) is 0.0625. The first-order valence-corrected chi connectivity index (χ1v) is 7.80. The average molecular weight is 369 g/mol. The van der Waals surface area contributed by atoms with E-state index in [0.29, 0.717) is 20.8 Å². The number of H-pyrrole nitrogens is 1. The maximum atomic E-state index is 6.10. The van der Waals surface area contributed by atoms with Crippen molar-refractivity contribution >= 4 is 57.6 Å². The van der Waals surface area contributed by atoms with Crippen LogP contribution in [0.1, 0.15) is 5.56 Å². The monoisotopic (exact) mass is 367 g/mol. The molecule has 0 radical (unpaired) electrons. The third kappa shape index (κ3) is 3.39. The van der Waals surface area contributed by atoms with Crippen LogP contribution in [0.25, 0.3) is 10.9 Å². The van der Waals surface area contributed by atoms with E-state index in [0.717, 1.165) is 22.2 Å². The number of anilines is 1. The summed E-state index contributed by atoms with van der Waals surface area (Å²) in [6, 6.07) is 8.99. The molecule has 0 fully saturated rings. The second kappa shape index (κ2) is 6.71. The zero-order valence-electron chi connectivity index (χ0n) is 12.0.